The number of hydrogen-bond donors (Lipinski definition) is 2. The Morgan fingerprint density at radius 3 is 2.10 bits per heavy atom. The number of aliphatic hydroxyl groups excluding tert-OH is 1. The van der Waals surface area contributed by atoms with Crippen molar-refractivity contribution in [2.75, 3.05) is 4.90 Å². The predicted octanol–water partition coefficient (Wildman–Crippen LogP) is 3.42. The minimum atomic E-state index is -2.73. The zero-order chi connectivity index (χ0) is 29.9. The zero-order valence-corrected chi connectivity index (χ0v) is 21.7. The minimum absolute atomic E-state index is 0.0427. The lowest BCUT2D eigenvalue weighted by Crippen LogP contribution is -2.60. The molecule has 9 nitrogen and oxygen atoms in total. The molecule has 6 atom stereocenters. The molecule has 2 aliphatic carbocycles. The Hall–Kier alpha value is -3.33. The number of halogens is 7. The topological polar surface area (TPSA) is 128 Å². The van der Waals surface area contributed by atoms with Crippen molar-refractivity contribution in [2.24, 2.45) is 17.8 Å². The van der Waals surface area contributed by atoms with Crippen LogP contribution >= 0.6 is 23.2 Å². The number of fused-ring (bicyclic) bond motifs is 4. The Morgan fingerprint density at radius 2 is 1.51 bits per heavy atom. The summed E-state index contributed by atoms with van der Waals surface area (Å²) in [5.41, 5.74) is -1.75. The fourth-order valence-corrected chi connectivity index (χ4v) is 7.41. The lowest BCUT2D eigenvalue weighted by molar-refractivity contribution is -0.173. The van der Waals surface area contributed by atoms with Crippen LogP contribution in [-0.2, 0) is 25.8 Å². The van der Waals surface area contributed by atoms with Crippen molar-refractivity contribution in [2.45, 2.75) is 35.1 Å². The second-order valence-corrected chi connectivity index (χ2v) is 11.4. The zero-order valence-electron chi connectivity index (χ0n) is 20.1. The number of nitrogens with zero attached hydrogens (tertiary/aromatic N) is 2. The number of allylic oxidation sites excluding steroid dienone is 2. The molecule has 2 aromatic rings. The number of furan rings is 1. The van der Waals surface area contributed by atoms with E-state index in [0.717, 1.165) is 0 Å². The van der Waals surface area contributed by atoms with Crippen LogP contribution in [0, 0.1) is 46.8 Å². The smallest absolute Gasteiger partial charge is 0.258 e. The molecule has 3 heterocycles. The summed E-state index contributed by atoms with van der Waals surface area (Å²) in [5.74, 6) is -23.1. The molecule has 16 heteroatoms. The van der Waals surface area contributed by atoms with Gasteiger partial charge in [0, 0.05) is 0 Å². The van der Waals surface area contributed by atoms with Gasteiger partial charge in [0.25, 0.3) is 23.6 Å². The van der Waals surface area contributed by atoms with E-state index in [2.05, 4.69) is 0 Å². The molecule has 1 aromatic heterocycles. The third-order valence-electron chi connectivity index (χ3n) is 8.32. The van der Waals surface area contributed by atoms with Crippen LogP contribution in [-0.4, -0.2) is 48.8 Å². The van der Waals surface area contributed by atoms with Crippen molar-refractivity contribution < 1.29 is 55.9 Å². The van der Waals surface area contributed by atoms with E-state index < -0.39 is 105 Å². The molecule has 0 unspecified atom stereocenters. The van der Waals surface area contributed by atoms with E-state index in [4.69, 9.17) is 27.6 Å². The van der Waals surface area contributed by atoms with E-state index in [0.29, 0.717) is 0 Å². The van der Waals surface area contributed by atoms with Gasteiger partial charge in [-0.3, -0.25) is 24.4 Å². The number of hydroxylamine groups is 2. The summed E-state index contributed by atoms with van der Waals surface area (Å²) in [5, 5.41) is 19.5. The normalized spacial score (nSPS) is 32.9. The highest BCUT2D eigenvalue weighted by Crippen LogP contribution is 2.66. The van der Waals surface area contributed by atoms with E-state index in [9.17, 15) is 51.4 Å². The molecule has 4 amide bonds. The van der Waals surface area contributed by atoms with E-state index in [1.165, 1.54) is 18.2 Å². The average Bonchev–Trinajstić information content (AvgIpc) is 3.55. The number of hydrogen-bond acceptors (Lipinski definition) is 7. The Balaban J connectivity index is 1.60. The maximum atomic E-state index is 14.9. The van der Waals surface area contributed by atoms with Crippen LogP contribution in [0.3, 0.4) is 0 Å². The third kappa shape index (κ3) is 3.24. The quantitative estimate of drug-likeness (QED) is 0.102. The van der Waals surface area contributed by atoms with E-state index in [1.807, 2.05) is 0 Å². The number of carbonyl (C=O) groups excluding carboxylic acids is 4. The molecule has 0 spiro atoms. The van der Waals surface area contributed by atoms with Crippen molar-refractivity contribution in [3.63, 3.8) is 0 Å². The molecule has 3 fully saturated rings. The van der Waals surface area contributed by atoms with Crippen LogP contribution in [0.25, 0.3) is 0 Å². The molecule has 41 heavy (non-hydrogen) atoms. The lowest BCUT2D eigenvalue weighted by Gasteiger charge is -2.49. The average molecular weight is 621 g/mol. The highest BCUT2D eigenvalue weighted by Gasteiger charge is 2.77. The molecule has 4 aliphatic rings. The fraction of sp³-hybridized carbons (Fsp3) is 0.360. The highest BCUT2D eigenvalue weighted by molar-refractivity contribution is 6.58. The fourth-order valence-electron chi connectivity index (χ4n) is 6.50. The number of carbonyl (C=O) groups is 4. The van der Waals surface area contributed by atoms with Crippen molar-refractivity contribution in [1.82, 2.24) is 5.06 Å². The van der Waals surface area contributed by atoms with Crippen LogP contribution in [0.1, 0.15) is 30.3 Å². The summed E-state index contributed by atoms with van der Waals surface area (Å²) in [6, 6.07) is 2.54. The maximum absolute atomic E-state index is 14.9. The Bertz CT molecular complexity index is 1600. The van der Waals surface area contributed by atoms with Gasteiger partial charge in [0.05, 0.1) is 17.8 Å². The number of rotatable bonds is 3. The number of imide groups is 2. The maximum Gasteiger partial charge on any atom is 0.258 e. The van der Waals surface area contributed by atoms with E-state index in [1.54, 1.807) is 0 Å². The molecular formula is C25H15Cl2F5N2O7. The molecule has 216 valence electrons. The lowest BCUT2D eigenvalue weighted by atomic mass is 9.57. The van der Waals surface area contributed by atoms with Gasteiger partial charge in [-0.1, -0.05) is 11.6 Å². The standard InChI is InChI=1S/C25H15Cl2F5N2O7/c26-24-5-10-8(2-3-9-12(10)21(37)34(40)20(9)36)13(11-4-1-7(6-35)41-11)25(24,27)23(39)33(22(24)38)19-17(31)15(29)14(28)16(30)18(19)32/h1-2,4,9-10,12-13,35,40H,3,5-6H2/t9-,10+,12-,13+,24+,25-/m0/s1. The van der Waals surface area contributed by atoms with Gasteiger partial charge >= 0.3 is 0 Å². The van der Waals surface area contributed by atoms with Crippen molar-refractivity contribution in [1.29, 1.82) is 0 Å². The predicted molar refractivity (Wildman–Crippen MR) is 125 cm³/mol. The van der Waals surface area contributed by atoms with Gasteiger partial charge in [0.1, 0.15) is 23.8 Å². The Morgan fingerprint density at radius 1 is 0.902 bits per heavy atom. The van der Waals surface area contributed by atoms with Gasteiger partial charge in [-0.15, -0.1) is 23.2 Å². The molecule has 2 aliphatic heterocycles. The SMILES string of the molecule is O=C1[C@H]2[C@H](CC=C3[C@H]2C[C@@]2(Cl)C(=O)N(c4c(F)c(F)c(F)c(F)c4F)C(=O)[C@@]2(Cl)[C@H]3c2ccc(CO)o2)C(=O)N1O. The third-order valence-corrected chi connectivity index (χ3v) is 9.73. The van der Waals surface area contributed by atoms with Crippen LogP contribution in [0.5, 0.6) is 0 Å². The van der Waals surface area contributed by atoms with Gasteiger partial charge in [0.15, 0.2) is 33.0 Å². The van der Waals surface area contributed by atoms with E-state index in [-0.39, 0.29) is 33.5 Å². The summed E-state index contributed by atoms with van der Waals surface area (Å²) < 4.78 is 77.4. The first-order valence-corrected chi connectivity index (χ1v) is 12.7. The Kier molecular flexibility index (Phi) is 6.00. The number of alkyl halides is 2. The van der Waals surface area contributed by atoms with Gasteiger partial charge in [-0.2, -0.15) is 5.06 Å². The molecular weight excluding hydrogens is 606 g/mol. The molecule has 6 rings (SSSR count). The molecule has 2 saturated heterocycles. The van der Waals surface area contributed by atoms with Gasteiger partial charge in [0.2, 0.25) is 5.82 Å². The highest BCUT2D eigenvalue weighted by atomic mass is 35.5. The van der Waals surface area contributed by atoms with Crippen molar-refractivity contribution >= 4 is 52.5 Å². The second kappa shape index (κ2) is 8.84. The van der Waals surface area contributed by atoms with Crippen molar-refractivity contribution in [3.05, 3.63) is 64.4 Å². The number of aliphatic hydroxyl groups is 1. The van der Waals surface area contributed by atoms with Crippen molar-refractivity contribution in [3.8, 4) is 0 Å². The Labute approximate surface area is 235 Å². The second-order valence-electron chi connectivity index (χ2n) is 10.1. The van der Waals surface area contributed by atoms with Crippen LogP contribution in [0.2, 0.25) is 0 Å². The van der Waals surface area contributed by atoms with Crippen LogP contribution in [0.4, 0.5) is 27.6 Å². The number of anilines is 1. The van der Waals surface area contributed by atoms with E-state index >= 15 is 0 Å². The summed E-state index contributed by atoms with van der Waals surface area (Å²) >= 11 is 13.7. The monoisotopic (exact) mass is 620 g/mol. The summed E-state index contributed by atoms with van der Waals surface area (Å²) in [7, 11) is 0. The minimum Gasteiger partial charge on any atom is -0.463 e. The van der Waals surface area contributed by atoms with Crippen LogP contribution < -0.4 is 4.90 Å². The first-order chi connectivity index (χ1) is 19.2. The van der Waals surface area contributed by atoms with Gasteiger partial charge in [-0.25, -0.2) is 26.9 Å². The summed E-state index contributed by atoms with van der Waals surface area (Å²) in [4.78, 5) is 47.5. The summed E-state index contributed by atoms with van der Waals surface area (Å²) in [6.45, 7) is -0.628. The van der Waals surface area contributed by atoms with Gasteiger partial charge < -0.3 is 9.52 Å². The molecule has 0 radical (unpaired) electrons. The number of benzene rings is 1. The first kappa shape index (κ1) is 27.8. The largest absolute Gasteiger partial charge is 0.463 e. The summed E-state index contributed by atoms with van der Waals surface area (Å²) in [6.07, 6.45) is 0.591. The molecule has 0 bridgehead atoms. The molecule has 1 saturated carbocycles. The first-order valence-electron chi connectivity index (χ1n) is 12.0. The number of amides is 4. The van der Waals surface area contributed by atoms with Gasteiger partial charge in [-0.05, 0) is 30.9 Å². The molecule has 1 aromatic carbocycles. The van der Waals surface area contributed by atoms with Crippen LogP contribution in [0.15, 0.2) is 28.2 Å². The molecule has 2 N–H and O–H groups in total.